The Bertz CT molecular complexity index is 538. The highest BCUT2D eigenvalue weighted by atomic mass is 79.9. The predicted molar refractivity (Wildman–Crippen MR) is 59.7 cm³/mol. The molecule has 0 fully saturated rings. The van der Waals surface area contributed by atoms with E-state index in [-0.39, 0.29) is 0 Å². The SMILES string of the molecule is COC(=O)c1cnc2c(Br)cnn2c1Br. The predicted octanol–water partition coefficient (Wildman–Crippen LogP) is 2.04. The number of rotatable bonds is 1. The summed E-state index contributed by atoms with van der Waals surface area (Å²) in [6, 6.07) is 0. The Morgan fingerprint density at radius 1 is 1.47 bits per heavy atom. The minimum Gasteiger partial charge on any atom is -0.465 e. The molecule has 0 saturated carbocycles. The maximum atomic E-state index is 11.3. The Kier molecular flexibility index (Phi) is 2.74. The number of esters is 1. The van der Waals surface area contributed by atoms with Crippen molar-refractivity contribution >= 4 is 43.5 Å². The van der Waals surface area contributed by atoms with Gasteiger partial charge in [0.1, 0.15) is 10.2 Å². The first-order chi connectivity index (χ1) is 7.15. The number of ether oxygens (including phenoxy) is 1. The Morgan fingerprint density at radius 2 is 2.20 bits per heavy atom. The van der Waals surface area contributed by atoms with Crippen LogP contribution in [0.1, 0.15) is 10.4 Å². The van der Waals surface area contributed by atoms with Crippen molar-refractivity contribution < 1.29 is 9.53 Å². The Balaban J connectivity index is 2.71. The molecule has 0 aliphatic heterocycles. The molecule has 2 heterocycles. The van der Waals surface area contributed by atoms with E-state index in [2.05, 4.69) is 46.7 Å². The minimum atomic E-state index is -0.456. The second-order valence-corrected chi connectivity index (χ2v) is 4.29. The first kappa shape index (κ1) is 10.6. The van der Waals surface area contributed by atoms with Gasteiger partial charge in [0, 0.05) is 6.20 Å². The van der Waals surface area contributed by atoms with E-state index in [4.69, 9.17) is 0 Å². The van der Waals surface area contributed by atoms with Gasteiger partial charge < -0.3 is 4.74 Å². The van der Waals surface area contributed by atoms with Crippen LogP contribution in [0.4, 0.5) is 0 Å². The first-order valence-electron chi connectivity index (χ1n) is 3.91. The van der Waals surface area contributed by atoms with Crippen molar-refractivity contribution in [1.82, 2.24) is 14.6 Å². The van der Waals surface area contributed by atoms with Crippen molar-refractivity contribution in [2.45, 2.75) is 0 Å². The summed E-state index contributed by atoms with van der Waals surface area (Å²) in [5.41, 5.74) is 0.968. The topological polar surface area (TPSA) is 56.5 Å². The van der Waals surface area contributed by atoms with Gasteiger partial charge in [-0.25, -0.2) is 14.3 Å². The van der Waals surface area contributed by atoms with Crippen LogP contribution in [0.5, 0.6) is 0 Å². The molecule has 0 spiro atoms. The zero-order valence-corrected chi connectivity index (χ0v) is 10.7. The number of methoxy groups -OCH3 is 1. The second kappa shape index (κ2) is 3.90. The normalized spacial score (nSPS) is 10.6. The molecule has 0 bridgehead atoms. The Hall–Kier alpha value is -0.950. The van der Waals surface area contributed by atoms with Crippen LogP contribution < -0.4 is 0 Å². The summed E-state index contributed by atoms with van der Waals surface area (Å²) in [4.78, 5) is 15.4. The fourth-order valence-electron chi connectivity index (χ4n) is 1.12. The lowest BCUT2D eigenvalue weighted by molar-refractivity contribution is 0.0598. The minimum absolute atomic E-state index is 0.334. The van der Waals surface area contributed by atoms with Crippen LogP contribution in [0, 0.1) is 0 Å². The van der Waals surface area contributed by atoms with E-state index in [1.54, 1.807) is 6.20 Å². The summed E-state index contributed by atoms with van der Waals surface area (Å²) < 4.78 is 7.40. The lowest BCUT2D eigenvalue weighted by atomic mass is 10.3. The average Bonchev–Trinajstić information content (AvgIpc) is 2.61. The van der Waals surface area contributed by atoms with E-state index in [9.17, 15) is 4.79 Å². The molecule has 5 nitrogen and oxygen atoms in total. The van der Waals surface area contributed by atoms with Crippen molar-refractivity contribution in [3.05, 3.63) is 27.0 Å². The van der Waals surface area contributed by atoms with Crippen LogP contribution in [-0.4, -0.2) is 27.7 Å². The van der Waals surface area contributed by atoms with Crippen LogP contribution in [0.25, 0.3) is 5.65 Å². The zero-order chi connectivity index (χ0) is 11.0. The molecule has 2 aromatic heterocycles. The third-order valence-electron chi connectivity index (χ3n) is 1.83. The maximum absolute atomic E-state index is 11.3. The van der Waals surface area contributed by atoms with Crippen LogP contribution in [-0.2, 0) is 4.74 Å². The highest BCUT2D eigenvalue weighted by Gasteiger charge is 2.15. The highest BCUT2D eigenvalue weighted by Crippen LogP contribution is 2.22. The van der Waals surface area contributed by atoms with Gasteiger partial charge in [0.05, 0.1) is 17.8 Å². The number of carbonyl (C=O) groups excluding carboxylic acids is 1. The zero-order valence-electron chi connectivity index (χ0n) is 7.57. The molecule has 0 aliphatic rings. The highest BCUT2D eigenvalue weighted by molar-refractivity contribution is 9.11. The van der Waals surface area contributed by atoms with Gasteiger partial charge in [0.2, 0.25) is 0 Å². The number of hydrogen-bond acceptors (Lipinski definition) is 4. The van der Waals surface area contributed by atoms with Gasteiger partial charge in [-0.2, -0.15) is 5.10 Å². The standard InChI is InChI=1S/C8H5Br2N3O2/c1-15-8(14)4-2-11-7-5(9)3-12-13(7)6(4)10/h2-3H,1H3. The van der Waals surface area contributed by atoms with E-state index >= 15 is 0 Å². The van der Waals surface area contributed by atoms with E-state index in [1.165, 1.54) is 17.8 Å². The molecule has 0 aromatic carbocycles. The number of fused-ring (bicyclic) bond motifs is 1. The third-order valence-corrected chi connectivity index (χ3v) is 3.15. The summed E-state index contributed by atoms with van der Waals surface area (Å²) in [5, 5.41) is 4.05. The monoisotopic (exact) mass is 333 g/mol. The quantitative estimate of drug-likeness (QED) is 0.591. The van der Waals surface area contributed by atoms with Crippen molar-refractivity contribution in [1.29, 1.82) is 0 Å². The molecule has 0 N–H and O–H groups in total. The number of carbonyl (C=O) groups is 1. The average molecular weight is 335 g/mol. The lowest BCUT2D eigenvalue weighted by Gasteiger charge is -2.03. The van der Waals surface area contributed by atoms with Gasteiger partial charge in [-0.05, 0) is 31.9 Å². The summed E-state index contributed by atoms with van der Waals surface area (Å²) in [6.45, 7) is 0. The van der Waals surface area contributed by atoms with Crippen LogP contribution >= 0.6 is 31.9 Å². The van der Waals surface area contributed by atoms with Gasteiger partial charge in [0.25, 0.3) is 0 Å². The molecule has 0 radical (unpaired) electrons. The fourth-order valence-corrected chi connectivity index (χ4v) is 2.01. The van der Waals surface area contributed by atoms with Crippen molar-refractivity contribution in [2.75, 3.05) is 7.11 Å². The molecule has 15 heavy (non-hydrogen) atoms. The molecule has 0 atom stereocenters. The molecule has 7 heteroatoms. The van der Waals surface area contributed by atoms with Crippen LogP contribution in [0.2, 0.25) is 0 Å². The summed E-state index contributed by atoms with van der Waals surface area (Å²) in [5.74, 6) is -0.456. The smallest absolute Gasteiger partial charge is 0.342 e. The number of hydrogen-bond donors (Lipinski definition) is 0. The van der Waals surface area contributed by atoms with E-state index in [0.717, 1.165) is 4.47 Å². The van der Waals surface area contributed by atoms with Crippen molar-refractivity contribution in [3.8, 4) is 0 Å². The largest absolute Gasteiger partial charge is 0.465 e. The van der Waals surface area contributed by atoms with Gasteiger partial charge >= 0.3 is 5.97 Å². The van der Waals surface area contributed by atoms with Crippen molar-refractivity contribution in [2.24, 2.45) is 0 Å². The van der Waals surface area contributed by atoms with Gasteiger partial charge in [-0.3, -0.25) is 0 Å². The van der Waals surface area contributed by atoms with E-state index < -0.39 is 5.97 Å². The van der Waals surface area contributed by atoms with Crippen LogP contribution in [0.15, 0.2) is 21.5 Å². The molecule has 78 valence electrons. The third kappa shape index (κ3) is 1.65. The molecule has 0 aliphatic carbocycles. The number of aromatic nitrogens is 3. The summed E-state index contributed by atoms with van der Waals surface area (Å²) >= 11 is 6.57. The van der Waals surface area contributed by atoms with Crippen molar-refractivity contribution in [3.63, 3.8) is 0 Å². The molecule has 2 aromatic rings. The van der Waals surface area contributed by atoms with Crippen LogP contribution in [0.3, 0.4) is 0 Å². The fraction of sp³-hybridized carbons (Fsp3) is 0.125. The van der Waals surface area contributed by atoms with Gasteiger partial charge in [-0.15, -0.1) is 0 Å². The lowest BCUT2D eigenvalue weighted by Crippen LogP contribution is -2.07. The molecule has 0 amide bonds. The maximum Gasteiger partial charge on any atom is 0.342 e. The first-order valence-corrected chi connectivity index (χ1v) is 5.50. The molecular formula is C8H5Br2N3O2. The van der Waals surface area contributed by atoms with E-state index in [1.807, 2.05) is 0 Å². The number of nitrogens with zero attached hydrogens (tertiary/aromatic N) is 3. The number of halogens is 2. The van der Waals surface area contributed by atoms with Gasteiger partial charge in [-0.1, -0.05) is 0 Å². The van der Waals surface area contributed by atoms with E-state index in [0.29, 0.717) is 15.8 Å². The molecule has 0 saturated heterocycles. The Labute approximate surface area is 102 Å². The molecular weight excluding hydrogens is 330 g/mol. The van der Waals surface area contributed by atoms with Gasteiger partial charge in [0.15, 0.2) is 5.65 Å². The molecule has 2 rings (SSSR count). The summed E-state index contributed by atoms with van der Waals surface area (Å²) in [6.07, 6.45) is 3.05. The molecule has 0 unspecified atom stereocenters. The summed E-state index contributed by atoms with van der Waals surface area (Å²) in [7, 11) is 1.32. The Morgan fingerprint density at radius 3 is 2.87 bits per heavy atom. The second-order valence-electron chi connectivity index (χ2n) is 2.68.